The predicted octanol–water partition coefficient (Wildman–Crippen LogP) is 1.05. The molecule has 0 radical (unpaired) electrons. The van der Waals surface area contributed by atoms with Crippen LogP contribution in [-0.2, 0) is 10.0 Å². The van der Waals surface area contributed by atoms with Crippen molar-refractivity contribution in [1.82, 2.24) is 0 Å². The van der Waals surface area contributed by atoms with Gasteiger partial charge in [0, 0.05) is 13.6 Å². The van der Waals surface area contributed by atoms with E-state index in [1.807, 2.05) is 18.2 Å². The van der Waals surface area contributed by atoms with Crippen molar-refractivity contribution in [2.45, 2.75) is 0 Å². The van der Waals surface area contributed by atoms with Gasteiger partial charge in [0.25, 0.3) is 0 Å². The van der Waals surface area contributed by atoms with Crippen LogP contribution in [0.1, 0.15) is 5.56 Å². The van der Waals surface area contributed by atoms with Crippen LogP contribution in [0.15, 0.2) is 30.3 Å². The summed E-state index contributed by atoms with van der Waals surface area (Å²) in [6.07, 6.45) is 4.78. The van der Waals surface area contributed by atoms with Gasteiger partial charge in [0.1, 0.15) is 0 Å². The summed E-state index contributed by atoms with van der Waals surface area (Å²) in [5.41, 5.74) is 6.85. The average Bonchev–Trinajstić information content (AvgIpc) is 2.24. The summed E-state index contributed by atoms with van der Waals surface area (Å²) < 4.78 is 24.1. The van der Waals surface area contributed by atoms with Gasteiger partial charge in [-0.1, -0.05) is 30.4 Å². The van der Waals surface area contributed by atoms with Crippen molar-refractivity contribution in [2.75, 3.05) is 24.2 Å². The predicted molar refractivity (Wildman–Crippen MR) is 67.8 cm³/mol. The third-order valence-corrected chi connectivity index (χ3v) is 3.40. The SMILES string of the molecule is CN(c1ccccc1/C=C/CN)S(C)(=O)=O. The summed E-state index contributed by atoms with van der Waals surface area (Å²) >= 11 is 0. The van der Waals surface area contributed by atoms with Crippen molar-refractivity contribution >= 4 is 21.8 Å². The van der Waals surface area contributed by atoms with E-state index in [1.165, 1.54) is 17.6 Å². The van der Waals surface area contributed by atoms with Crippen LogP contribution >= 0.6 is 0 Å². The fourth-order valence-corrected chi connectivity index (χ4v) is 1.81. The molecule has 1 rings (SSSR count). The fourth-order valence-electron chi connectivity index (χ4n) is 1.29. The van der Waals surface area contributed by atoms with E-state index in [0.29, 0.717) is 12.2 Å². The number of para-hydroxylation sites is 1. The molecule has 0 aliphatic carbocycles. The minimum absolute atomic E-state index is 0.428. The minimum Gasteiger partial charge on any atom is -0.327 e. The molecule has 2 N–H and O–H groups in total. The molecule has 1 aromatic carbocycles. The molecule has 0 amide bonds. The van der Waals surface area contributed by atoms with Crippen LogP contribution < -0.4 is 10.0 Å². The summed E-state index contributed by atoms with van der Waals surface area (Å²) in [6.45, 7) is 0.428. The molecular weight excluding hydrogens is 224 g/mol. The first kappa shape index (κ1) is 12.7. The van der Waals surface area contributed by atoms with Gasteiger partial charge in [-0.2, -0.15) is 0 Å². The van der Waals surface area contributed by atoms with Crippen molar-refractivity contribution in [2.24, 2.45) is 5.73 Å². The molecule has 4 nitrogen and oxygen atoms in total. The number of nitrogens with two attached hydrogens (primary N) is 1. The normalized spacial score (nSPS) is 11.9. The summed E-state index contributed by atoms with van der Waals surface area (Å²) in [7, 11) is -1.70. The highest BCUT2D eigenvalue weighted by Crippen LogP contribution is 2.22. The first-order valence-corrected chi connectivity index (χ1v) is 6.71. The largest absolute Gasteiger partial charge is 0.327 e. The molecule has 0 bridgehead atoms. The Labute approximate surface area is 96.4 Å². The molecule has 0 fully saturated rings. The van der Waals surface area contributed by atoms with Crippen LogP contribution in [-0.4, -0.2) is 28.3 Å². The third-order valence-electron chi connectivity index (χ3n) is 2.21. The first-order chi connectivity index (χ1) is 7.46. The maximum atomic E-state index is 11.4. The Morgan fingerprint density at radius 3 is 2.56 bits per heavy atom. The lowest BCUT2D eigenvalue weighted by Crippen LogP contribution is -2.25. The summed E-state index contributed by atoms with van der Waals surface area (Å²) in [5.74, 6) is 0. The van der Waals surface area contributed by atoms with Gasteiger partial charge < -0.3 is 5.73 Å². The Balaban J connectivity index is 3.18. The average molecular weight is 240 g/mol. The number of hydrogen-bond donors (Lipinski definition) is 1. The van der Waals surface area contributed by atoms with E-state index in [1.54, 1.807) is 18.2 Å². The van der Waals surface area contributed by atoms with E-state index >= 15 is 0 Å². The number of benzene rings is 1. The molecule has 88 valence electrons. The molecule has 5 heteroatoms. The Hall–Kier alpha value is -1.33. The maximum Gasteiger partial charge on any atom is 0.232 e. The quantitative estimate of drug-likeness (QED) is 0.855. The zero-order valence-electron chi connectivity index (χ0n) is 9.42. The molecular formula is C11H16N2O2S. The lowest BCUT2D eigenvalue weighted by atomic mass is 10.1. The van der Waals surface area contributed by atoms with Gasteiger partial charge >= 0.3 is 0 Å². The van der Waals surface area contributed by atoms with Crippen molar-refractivity contribution in [3.63, 3.8) is 0 Å². The molecule has 0 aliphatic heterocycles. The molecule has 0 aliphatic rings. The van der Waals surface area contributed by atoms with Crippen molar-refractivity contribution in [3.05, 3.63) is 35.9 Å². The Kier molecular flexibility index (Phi) is 4.09. The van der Waals surface area contributed by atoms with E-state index in [0.717, 1.165) is 5.56 Å². The second-order valence-electron chi connectivity index (χ2n) is 3.43. The molecule has 0 aromatic heterocycles. The number of hydrogen-bond acceptors (Lipinski definition) is 3. The monoisotopic (exact) mass is 240 g/mol. The van der Waals surface area contributed by atoms with Crippen LogP contribution in [0.25, 0.3) is 6.08 Å². The Bertz CT molecular complexity index is 481. The second-order valence-corrected chi connectivity index (χ2v) is 5.44. The van der Waals surface area contributed by atoms with Gasteiger partial charge in [0.05, 0.1) is 11.9 Å². The molecule has 0 heterocycles. The summed E-state index contributed by atoms with van der Waals surface area (Å²) in [6, 6.07) is 7.27. The van der Waals surface area contributed by atoms with Crippen molar-refractivity contribution in [3.8, 4) is 0 Å². The zero-order valence-corrected chi connectivity index (χ0v) is 10.2. The number of anilines is 1. The highest BCUT2D eigenvalue weighted by molar-refractivity contribution is 7.92. The van der Waals surface area contributed by atoms with E-state index < -0.39 is 10.0 Å². The van der Waals surface area contributed by atoms with Gasteiger partial charge in [-0.3, -0.25) is 4.31 Å². The highest BCUT2D eigenvalue weighted by Gasteiger charge is 2.13. The van der Waals surface area contributed by atoms with Crippen LogP contribution in [0.5, 0.6) is 0 Å². The molecule has 0 saturated carbocycles. The van der Waals surface area contributed by atoms with Gasteiger partial charge in [-0.25, -0.2) is 8.42 Å². The lowest BCUT2D eigenvalue weighted by Gasteiger charge is -2.18. The van der Waals surface area contributed by atoms with E-state index in [4.69, 9.17) is 5.73 Å². The van der Waals surface area contributed by atoms with Crippen molar-refractivity contribution < 1.29 is 8.42 Å². The number of rotatable bonds is 4. The topological polar surface area (TPSA) is 63.4 Å². The summed E-state index contributed by atoms with van der Waals surface area (Å²) in [4.78, 5) is 0. The van der Waals surface area contributed by atoms with Gasteiger partial charge in [-0.05, 0) is 11.6 Å². The number of sulfonamides is 1. The molecule has 1 aromatic rings. The highest BCUT2D eigenvalue weighted by atomic mass is 32.2. The minimum atomic E-state index is -3.24. The van der Waals surface area contributed by atoms with Gasteiger partial charge in [0.2, 0.25) is 10.0 Å². The van der Waals surface area contributed by atoms with E-state index in [-0.39, 0.29) is 0 Å². The van der Waals surface area contributed by atoms with Crippen LogP contribution in [0, 0.1) is 0 Å². The second kappa shape index (κ2) is 5.14. The standard InChI is InChI=1S/C11H16N2O2S/c1-13(16(2,14)15)11-8-4-3-6-10(11)7-5-9-12/h3-8H,9,12H2,1-2H3/b7-5+. The zero-order chi connectivity index (χ0) is 12.2. The maximum absolute atomic E-state index is 11.4. The molecule has 0 saturated heterocycles. The van der Waals surface area contributed by atoms with E-state index in [9.17, 15) is 8.42 Å². The smallest absolute Gasteiger partial charge is 0.232 e. The first-order valence-electron chi connectivity index (χ1n) is 4.86. The van der Waals surface area contributed by atoms with E-state index in [2.05, 4.69) is 0 Å². The fraction of sp³-hybridized carbons (Fsp3) is 0.273. The van der Waals surface area contributed by atoms with Crippen LogP contribution in [0.3, 0.4) is 0 Å². The Morgan fingerprint density at radius 1 is 1.38 bits per heavy atom. The third kappa shape index (κ3) is 3.08. The molecule has 0 unspecified atom stereocenters. The molecule has 16 heavy (non-hydrogen) atoms. The lowest BCUT2D eigenvalue weighted by molar-refractivity contribution is 0.600. The number of nitrogens with zero attached hydrogens (tertiary/aromatic N) is 1. The van der Waals surface area contributed by atoms with Crippen LogP contribution in [0.2, 0.25) is 0 Å². The van der Waals surface area contributed by atoms with Gasteiger partial charge in [0.15, 0.2) is 0 Å². The molecule has 0 atom stereocenters. The molecule has 0 spiro atoms. The van der Waals surface area contributed by atoms with Gasteiger partial charge in [-0.15, -0.1) is 0 Å². The Morgan fingerprint density at radius 2 is 2.00 bits per heavy atom. The van der Waals surface area contributed by atoms with Crippen LogP contribution in [0.4, 0.5) is 5.69 Å². The summed E-state index contributed by atoms with van der Waals surface area (Å²) in [5, 5.41) is 0. The van der Waals surface area contributed by atoms with Crippen molar-refractivity contribution in [1.29, 1.82) is 0 Å².